The van der Waals surface area contributed by atoms with Gasteiger partial charge in [-0.15, -0.1) is 0 Å². The molecule has 8 atom stereocenters. The number of rotatable bonds is 3. The van der Waals surface area contributed by atoms with Crippen molar-refractivity contribution < 1.29 is 14.0 Å². The third-order valence-corrected chi connectivity index (χ3v) is 10.2. The second-order valence-corrected chi connectivity index (χ2v) is 11.6. The molecular weight excluding hydrogens is 415 g/mol. The monoisotopic (exact) mass is 452 g/mol. The van der Waals surface area contributed by atoms with Gasteiger partial charge in [0.05, 0.1) is 6.04 Å². The molecule has 1 heterocycles. The third-order valence-electron chi connectivity index (χ3n) is 10.2. The molecule has 2 amide bonds. The van der Waals surface area contributed by atoms with Crippen LogP contribution in [-0.4, -0.2) is 29.8 Å². The lowest BCUT2D eigenvalue weighted by atomic mass is 9.47. The maximum atomic E-state index is 13.4. The minimum atomic E-state index is -0.257. The van der Waals surface area contributed by atoms with Crippen LogP contribution < -0.4 is 5.32 Å². The maximum Gasteiger partial charge on any atom is 0.246 e. The van der Waals surface area contributed by atoms with E-state index in [9.17, 15) is 14.0 Å². The molecule has 5 heteroatoms. The standard InChI is InChI=1S/C28H37FN2O2/c1-17(18-5-7-19(29)8-6-18)30-26(33)23-11-10-21-20-9-12-24-28(3,16-14-25(32)31(24)4)22(20)13-15-27(21,23)2/h5-8,14,16-17,20-24H,9-13,15H2,1-4H3,(H,30,33)/t17?,20-,21-,22+,23?,24?,27-,28+/m0/s1. The van der Waals surface area contributed by atoms with Crippen molar-refractivity contribution in [3.8, 4) is 0 Å². The summed E-state index contributed by atoms with van der Waals surface area (Å²) in [6.07, 6.45) is 10.4. The van der Waals surface area contributed by atoms with Gasteiger partial charge in [0, 0.05) is 24.4 Å². The number of likely N-dealkylation sites (N-methyl/N-ethyl adjacent to an activating group) is 1. The summed E-state index contributed by atoms with van der Waals surface area (Å²) in [6.45, 7) is 6.70. The van der Waals surface area contributed by atoms with Crippen LogP contribution in [0.4, 0.5) is 4.39 Å². The number of hydrogen-bond acceptors (Lipinski definition) is 2. The van der Waals surface area contributed by atoms with E-state index in [0.29, 0.717) is 17.8 Å². The predicted molar refractivity (Wildman–Crippen MR) is 127 cm³/mol. The molecule has 0 aromatic heterocycles. The van der Waals surface area contributed by atoms with Crippen LogP contribution in [0.3, 0.4) is 0 Å². The highest BCUT2D eigenvalue weighted by atomic mass is 19.1. The summed E-state index contributed by atoms with van der Waals surface area (Å²) < 4.78 is 13.3. The molecule has 0 spiro atoms. The second kappa shape index (κ2) is 7.95. The van der Waals surface area contributed by atoms with Crippen molar-refractivity contribution in [1.29, 1.82) is 0 Å². The number of benzene rings is 1. The maximum absolute atomic E-state index is 13.4. The number of carbonyl (C=O) groups is 2. The minimum Gasteiger partial charge on any atom is -0.349 e. The summed E-state index contributed by atoms with van der Waals surface area (Å²) in [5, 5.41) is 3.23. The molecule has 33 heavy (non-hydrogen) atoms. The van der Waals surface area contributed by atoms with E-state index >= 15 is 0 Å². The van der Waals surface area contributed by atoms with Crippen molar-refractivity contribution in [3.63, 3.8) is 0 Å². The van der Waals surface area contributed by atoms with Gasteiger partial charge in [-0.1, -0.05) is 32.1 Å². The van der Waals surface area contributed by atoms with Crippen LogP contribution >= 0.6 is 0 Å². The summed E-state index contributed by atoms with van der Waals surface area (Å²) >= 11 is 0. The van der Waals surface area contributed by atoms with Crippen LogP contribution in [0.25, 0.3) is 0 Å². The Labute approximate surface area is 197 Å². The van der Waals surface area contributed by atoms with Gasteiger partial charge in [0.25, 0.3) is 0 Å². The molecule has 1 N–H and O–H groups in total. The molecule has 3 unspecified atom stereocenters. The number of hydrogen-bond donors (Lipinski definition) is 1. The highest BCUT2D eigenvalue weighted by Gasteiger charge is 2.61. The zero-order chi connectivity index (χ0) is 23.5. The van der Waals surface area contributed by atoms with Crippen LogP contribution in [0.15, 0.2) is 36.4 Å². The second-order valence-electron chi connectivity index (χ2n) is 11.6. The molecule has 5 rings (SSSR count). The average Bonchev–Trinajstić information content (AvgIpc) is 3.14. The zero-order valence-electron chi connectivity index (χ0n) is 20.3. The van der Waals surface area contributed by atoms with E-state index < -0.39 is 0 Å². The number of nitrogens with zero attached hydrogens (tertiary/aromatic N) is 1. The SMILES string of the molecule is CC(NC(=O)C1CC[C@H]2[C@@H]3CCC4N(C)C(=O)C=C[C@]4(C)[C@@H]3CC[C@]12C)c1ccc(F)cc1. The molecule has 3 saturated carbocycles. The van der Waals surface area contributed by atoms with Gasteiger partial charge in [0.15, 0.2) is 0 Å². The summed E-state index contributed by atoms with van der Waals surface area (Å²) in [5.74, 6) is 1.80. The Morgan fingerprint density at radius 3 is 2.55 bits per heavy atom. The van der Waals surface area contributed by atoms with Gasteiger partial charge in [0.1, 0.15) is 5.82 Å². The number of amides is 2. The van der Waals surface area contributed by atoms with E-state index in [1.807, 2.05) is 18.9 Å². The fourth-order valence-electron chi connectivity index (χ4n) is 8.32. The van der Waals surface area contributed by atoms with Gasteiger partial charge in [-0.25, -0.2) is 4.39 Å². The van der Waals surface area contributed by atoms with Crippen LogP contribution in [0.1, 0.15) is 70.9 Å². The summed E-state index contributed by atoms with van der Waals surface area (Å²) in [7, 11) is 1.96. The van der Waals surface area contributed by atoms with Crippen LogP contribution in [-0.2, 0) is 9.59 Å². The van der Waals surface area contributed by atoms with Gasteiger partial charge in [0.2, 0.25) is 11.8 Å². The molecule has 4 aliphatic rings. The Bertz CT molecular complexity index is 975. The molecule has 0 saturated heterocycles. The Balaban J connectivity index is 1.33. The highest BCUT2D eigenvalue weighted by molar-refractivity contribution is 5.89. The normalized spacial score (nSPS) is 40.6. The lowest BCUT2D eigenvalue weighted by molar-refractivity contribution is -0.142. The van der Waals surface area contributed by atoms with Crippen LogP contribution in [0.5, 0.6) is 0 Å². The molecule has 1 aromatic rings. The third kappa shape index (κ3) is 3.45. The lowest BCUT2D eigenvalue weighted by Gasteiger charge is -2.60. The fraction of sp³-hybridized carbons (Fsp3) is 0.643. The summed E-state index contributed by atoms with van der Waals surface area (Å²) in [6, 6.07) is 6.57. The average molecular weight is 453 g/mol. The molecule has 1 aliphatic heterocycles. The first-order chi connectivity index (χ1) is 15.6. The lowest BCUT2D eigenvalue weighted by Crippen LogP contribution is -2.59. The first kappa shape index (κ1) is 22.6. The topological polar surface area (TPSA) is 49.4 Å². The quantitative estimate of drug-likeness (QED) is 0.680. The molecule has 178 valence electrons. The van der Waals surface area contributed by atoms with Crippen molar-refractivity contribution in [2.75, 3.05) is 7.05 Å². The first-order valence-electron chi connectivity index (χ1n) is 12.7. The van der Waals surface area contributed by atoms with Crippen LogP contribution in [0.2, 0.25) is 0 Å². The van der Waals surface area contributed by atoms with Crippen LogP contribution in [0, 0.1) is 40.3 Å². The van der Waals surface area contributed by atoms with E-state index in [1.54, 1.807) is 18.2 Å². The van der Waals surface area contributed by atoms with Gasteiger partial charge in [-0.05, 0) is 92.4 Å². The van der Waals surface area contributed by atoms with Crippen molar-refractivity contribution in [2.24, 2.45) is 34.5 Å². The number of carbonyl (C=O) groups excluding carboxylic acids is 2. The van der Waals surface area contributed by atoms with E-state index in [0.717, 1.165) is 44.1 Å². The Morgan fingerprint density at radius 2 is 1.82 bits per heavy atom. The van der Waals surface area contributed by atoms with Gasteiger partial charge >= 0.3 is 0 Å². The predicted octanol–water partition coefficient (Wildman–Crippen LogP) is 5.26. The summed E-state index contributed by atoms with van der Waals surface area (Å²) in [5.41, 5.74) is 0.990. The largest absolute Gasteiger partial charge is 0.349 e. The molecule has 1 aromatic carbocycles. The molecule has 3 aliphatic carbocycles. The van der Waals surface area contributed by atoms with E-state index in [2.05, 4.69) is 25.2 Å². The van der Waals surface area contributed by atoms with Gasteiger partial charge < -0.3 is 10.2 Å². The van der Waals surface area contributed by atoms with Crippen molar-refractivity contribution in [1.82, 2.24) is 10.2 Å². The zero-order valence-corrected chi connectivity index (χ0v) is 20.3. The number of fused-ring (bicyclic) bond motifs is 5. The summed E-state index contributed by atoms with van der Waals surface area (Å²) in [4.78, 5) is 27.7. The molecule has 3 fully saturated rings. The van der Waals surface area contributed by atoms with E-state index in [1.165, 1.54) is 12.1 Å². The Hall–Kier alpha value is -2.17. The first-order valence-corrected chi connectivity index (χ1v) is 12.7. The molecule has 0 bridgehead atoms. The fourth-order valence-corrected chi connectivity index (χ4v) is 8.32. The van der Waals surface area contributed by atoms with Crippen molar-refractivity contribution >= 4 is 11.8 Å². The molecule has 0 radical (unpaired) electrons. The number of nitrogens with one attached hydrogen (secondary N) is 1. The molecule has 4 nitrogen and oxygen atoms in total. The minimum absolute atomic E-state index is 0.0249. The van der Waals surface area contributed by atoms with Gasteiger partial charge in [-0.3, -0.25) is 9.59 Å². The van der Waals surface area contributed by atoms with E-state index in [-0.39, 0.29) is 46.5 Å². The smallest absolute Gasteiger partial charge is 0.246 e. The molecular formula is C28H37FN2O2. The van der Waals surface area contributed by atoms with Gasteiger partial charge in [-0.2, -0.15) is 0 Å². The van der Waals surface area contributed by atoms with E-state index in [4.69, 9.17) is 0 Å². The highest BCUT2D eigenvalue weighted by Crippen LogP contribution is 2.65. The Morgan fingerprint density at radius 1 is 1.09 bits per heavy atom. The van der Waals surface area contributed by atoms with Crippen molar-refractivity contribution in [2.45, 2.75) is 71.4 Å². The Kier molecular flexibility index (Phi) is 5.45. The van der Waals surface area contributed by atoms with Crippen molar-refractivity contribution in [3.05, 3.63) is 47.8 Å². The number of halogens is 1.